The van der Waals surface area contributed by atoms with Crippen molar-refractivity contribution in [3.8, 4) is 0 Å². The van der Waals surface area contributed by atoms with E-state index in [1.54, 1.807) is 13.8 Å². The molecule has 0 aromatic rings. The molecule has 0 aliphatic carbocycles. The SMILES string of the molecule is CCOC(=O)C(C(C)C)C(C(C)=O)C(C)C. The highest BCUT2D eigenvalue weighted by Gasteiger charge is 2.36. The lowest BCUT2D eigenvalue weighted by Crippen LogP contribution is -2.37. The summed E-state index contributed by atoms with van der Waals surface area (Å²) in [4.78, 5) is 23.5. The molecule has 0 heterocycles. The van der Waals surface area contributed by atoms with Crippen LogP contribution in [0, 0.1) is 23.7 Å². The quantitative estimate of drug-likeness (QED) is 0.656. The summed E-state index contributed by atoms with van der Waals surface area (Å²) in [5.41, 5.74) is 0. The molecule has 0 fully saturated rings. The summed E-state index contributed by atoms with van der Waals surface area (Å²) in [6.45, 7) is 11.6. The molecule has 2 unspecified atom stereocenters. The van der Waals surface area contributed by atoms with E-state index in [4.69, 9.17) is 4.74 Å². The third-order valence-corrected chi connectivity index (χ3v) is 2.85. The number of carbonyl (C=O) groups excluding carboxylic acids is 2. The van der Waals surface area contributed by atoms with Gasteiger partial charge in [-0.1, -0.05) is 27.7 Å². The summed E-state index contributed by atoms with van der Waals surface area (Å²) in [5, 5.41) is 0. The third kappa shape index (κ3) is 3.95. The molecule has 0 saturated carbocycles. The zero-order valence-corrected chi connectivity index (χ0v) is 11.2. The lowest BCUT2D eigenvalue weighted by Gasteiger charge is -2.29. The minimum Gasteiger partial charge on any atom is -0.466 e. The van der Waals surface area contributed by atoms with Crippen LogP contribution in [0.25, 0.3) is 0 Å². The first-order valence-electron chi connectivity index (χ1n) is 5.99. The molecule has 0 spiro atoms. The van der Waals surface area contributed by atoms with Crippen LogP contribution in [0.1, 0.15) is 41.5 Å². The van der Waals surface area contributed by atoms with Gasteiger partial charge in [-0.3, -0.25) is 9.59 Å². The van der Waals surface area contributed by atoms with Crippen LogP contribution < -0.4 is 0 Å². The van der Waals surface area contributed by atoms with Gasteiger partial charge >= 0.3 is 5.97 Å². The zero-order chi connectivity index (χ0) is 12.9. The summed E-state index contributed by atoms with van der Waals surface area (Å²) in [6.07, 6.45) is 0. The van der Waals surface area contributed by atoms with Crippen LogP contribution in [-0.2, 0) is 14.3 Å². The molecule has 0 radical (unpaired) electrons. The van der Waals surface area contributed by atoms with Gasteiger partial charge in [0, 0.05) is 5.92 Å². The number of carbonyl (C=O) groups is 2. The molecule has 94 valence electrons. The lowest BCUT2D eigenvalue weighted by atomic mass is 9.75. The van der Waals surface area contributed by atoms with Crippen molar-refractivity contribution in [2.24, 2.45) is 23.7 Å². The second-order valence-corrected chi connectivity index (χ2v) is 4.90. The second-order valence-electron chi connectivity index (χ2n) is 4.90. The van der Waals surface area contributed by atoms with E-state index in [9.17, 15) is 9.59 Å². The molecular formula is C13H24O3. The summed E-state index contributed by atoms with van der Waals surface area (Å²) < 4.78 is 5.06. The smallest absolute Gasteiger partial charge is 0.309 e. The van der Waals surface area contributed by atoms with Crippen molar-refractivity contribution in [2.75, 3.05) is 6.61 Å². The molecule has 0 rings (SSSR count). The average Bonchev–Trinajstić information content (AvgIpc) is 2.11. The molecule has 0 N–H and O–H groups in total. The number of ether oxygens (including phenoxy) is 1. The monoisotopic (exact) mass is 228 g/mol. The Morgan fingerprint density at radius 1 is 1.00 bits per heavy atom. The maximum Gasteiger partial charge on any atom is 0.309 e. The summed E-state index contributed by atoms with van der Waals surface area (Å²) in [6, 6.07) is 0. The molecule has 3 heteroatoms. The number of hydrogen-bond donors (Lipinski definition) is 0. The average molecular weight is 228 g/mol. The Balaban J connectivity index is 5.00. The van der Waals surface area contributed by atoms with Crippen LogP contribution in [0.2, 0.25) is 0 Å². The van der Waals surface area contributed by atoms with Crippen molar-refractivity contribution in [1.82, 2.24) is 0 Å². The molecule has 0 aliphatic heterocycles. The number of hydrogen-bond acceptors (Lipinski definition) is 3. The van der Waals surface area contributed by atoms with Crippen molar-refractivity contribution < 1.29 is 14.3 Å². The maximum absolute atomic E-state index is 11.9. The minimum absolute atomic E-state index is 0.0711. The van der Waals surface area contributed by atoms with Crippen molar-refractivity contribution >= 4 is 11.8 Å². The van der Waals surface area contributed by atoms with E-state index in [-0.39, 0.29) is 35.4 Å². The first-order valence-corrected chi connectivity index (χ1v) is 5.99. The third-order valence-electron chi connectivity index (χ3n) is 2.85. The molecule has 2 atom stereocenters. The van der Waals surface area contributed by atoms with E-state index in [1.165, 1.54) is 0 Å². The summed E-state index contributed by atoms with van der Waals surface area (Å²) >= 11 is 0. The van der Waals surface area contributed by atoms with E-state index in [1.807, 2.05) is 27.7 Å². The van der Waals surface area contributed by atoms with Crippen LogP contribution in [0.3, 0.4) is 0 Å². The molecule has 16 heavy (non-hydrogen) atoms. The number of rotatable bonds is 6. The standard InChI is InChI=1S/C13H24O3/c1-7-16-13(15)12(9(4)5)11(8(2)3)10(6)14/h8-9,11-12H,7H2,1-6H3. The van der Waals surface area contributed by atoms with Crippen molar-refractivity contribution in [3.05, 3.63) is 0 Å². The molecule has 0 amide bonds. The largest absolute Gasteiger partial charge is 0.466 e. The highest BCUT2D eigenvalue weighted by atomic mass is 16.5. The Labute approximate surface area is 98.6 Å². The molecule has 0 bridgehead atoms. The Kier molecular flexibility index (Phi) is 6.31. The molecular weight excluding hydrogens is 204 g/mol. The molecule has 0 aromatic carbocycles. The highest BCUT2D eigenvalue weighted by Crippen LogP contribution is 2.29. The fourth-order valence-electron chi connectivity index (χ4n) is 2.21. The van der Waals surface area contributed by atoms with Crippen LogP contribution in [0.15, 0.2) is 0 Å². The van der Waals surface area contributed by atoms with Gasteiger partial charge in [0.25, 0.3) is 0 Å². The lowest BCUT2D eigenvalue weighted by molar-refractivity contribution is -0.155. The number of esters is 1. The summed E-state index contributed by atoms with van der Waals surface area (Å²) in [7, 11) is 0. The summed E-state index contributed by atoms with van der Waals surface area (Å²) in [5.74, 6) is -0.450. The van der Waals surface area contributed by atoms with Gasteiger partial charge in [0.2, 0.25) is 0 Å². The Hall–Kier alpha value is -0.860. The Morgan fingerprint density at radius 3 is 1.69 bits per heavy atom. The fourth-order valence-corrected chi connectivity index (χ4v) is 2.21. The van der Waals surface area contributed by atoms with Gasteiger partial charge in [0.05, 0.1) is 12.5 Å². The Morgan fingerprint density at radius 2 is 1.44 bits per heavy atom. The van der Waals surface area contributed by atoms with Gasteiger partial charge < -0.3 is 4.74 Å². The predicted octanol–water partition coefficient (Wildman–Crippen LogP) is 2.68. The molecule has 0 aliphatic rings. The fraction of sp³-hybridized carbons (Fsp3) is 0.846. The minimum atomic E-state index is -0.322. The van der Waals surface area contributed by atoms with Gasteiger partial charge in [-0.15, -0.1) is 0 Å². The van der Waals surface area contributed by atoms with Gasteiger partial charge in [0.1, 0.15) is 5.78 Å². The van der Waals surface area contributed by atoms with Gasteiger partial charge in [-0.25, -0.2) is 0 Å². The van der Waals surface area contributed by atoms with Crippen molar-refractivity contribution in [1.29, 1.82) is 0 Å². The van der Waals surface area contributed by atoms with E-state index >= 15 is 0 Å². The van der Waals surface area contributed by atoms with Crippen LogP contribution in [-0.4, -0.2) is 18.4 Å². The van der Waals surface area contributed by atoms with E-state index < -0.39 is 0 Å². The van der Waals surface area contributed by atoms with Gasteiger partial charge in [-0.05, 0) is 25.7 Å². The normalized spacial score (nSPS) is 15.0. The first-order chi connectivity index (χ1) is 7.32. The van der Waals surface area contributed by atoms with Crippen molar-refractivity contribution in [3.63, 3.8) is 0 Å². The molecule has 0 aromatic heterocycles. The Bertz CT molecular complexity index is 244. The van der Waals surface area contributed by atoms with Crippen LogP contribution >= 0.6 is 0 Å². The number of Topliss-reactive ketones (excluding diaryl/α,β-unsaturated/α-hetero) is 1. The number of ketones is 1. The maximum atomic E-state index is 11.9. The van der Waals surface area contributed by atoms with Crippen LogP contribution in [0.5, 0.6) is 0 Å². The van der Waals surface area contributed by atoms with E-state index in [0.29, 0.717) is 6.61 Å². The zero-order valence-electron chi connectivity index (χ0n) is 11.2. The topological polar surface area (TPSA) is 43.4 Å². The molecule has 3 nitrogen and oxygen atoms in total. The predicted molar refractivity (Wildman–Crippen MR) is 64.0 cm³/mol. The second kappa shape index (κ2) is 6.66. The first kappa shape index (κ1) is 15.1. The van der Waals surface area contributed by atoms with Crippen LogP contribution in [0.4, 0.5) is 0 Å². The molecule has 0 saturated heterocycles. The van der Waals surface area contributed by atoms with E-state index in [2.05, 4.69) is 0 Å². The van der Waals surface area contributed by atoms with Gasteiger partial charge in [-0.2, -0.15) is 0 Å². The highest BCUT2D eigenvalue weighted by molar-refractivity contribution is 5.85. The van der Waals surface area contributed by atoms with Crippen molar-refractivity contribution in [2.45, 2.75) is 41.5 Å². The van der Waals surface area contributed by atoms with E-state index in [0.717, 1.165) is 0 Å². The van der Waals surface area contributed by atoms with Gasteiger partial charge in [0.15, 0.2) is 0 Å².